The van der Waals surface area contributed by atoms with E-state index in [1.54, 1.807) is 23.5 Å². The number of amides is 1. The van der Waals surface area contributed by atoms with Crippen molar-refractivity contribution >= 4 is 23.2 Å². The highest BCUT2D eigenvalue weighted by molar-refractivity contribution is 7.10. The molecular weight excluding hydrogens is 304 g/mol. The van der Waals surface area contributed by atoms with Crippen LogP contribution in [0, 0.1) is 0 Å². The van der Waals surface area contributed by atoms with Gasteiger partial charge in [-0.2, -0.15) is 0 Å². The molecule has 22 heavy (non-hydrogen) atoms. The molecule has 1 aliphatic heterocycles. The molecule has 116 valence electrons. The first kappa shape index (κ1) is 14.8. The van der Waals surface area contributed by atoms with E-state index in [0.29, 0.717) is 18.8 Å². The Kier molecular flexibility index (Phi) is 4.26. The lowest BCUT2D eigenvalue weighted by Crippen LogP contribution is -2.49. The zero-order chi connectivity index (χ0) is 15.5. The quantitative estimate of drug-likeness (QED) is 0.870. The number of carbonyl (C=O) groups is 2. The number of thiophene rings is 1. The molecule has 3 rings (SSSR count). The number of carbonyl (C=O) groups excluding carboxylic acids is 2. The van der Waals surface area contributed by atoms with E-state index in [2.05, 4.69) is 10.1 Å². The fourth-order valence-electron chi connectivity index (χ4n) is 2.51. The molecule has 1 aliphatic rings. The van der Waals surface area contributed by atoms with Crippen LogP contribution in [0.5, 0.6) is 0 Å². The van der Waals surface area contributed by atoms with E-state index < -0.39 is 5.97 Å². The normalized spacial score (nSPS) is 19.0. The first-order chi connectivity index (χ1) is 10.7. The van der Waals surface area contributed by atoms with Gasteiger partial charge in [-0.3, -0.25) is 9.69 Å². The average Bonchev–Trinajstić information content (AvgIpc) is 3.18. The van der Waals surface area contributed by atoms with Gasteiger partial charge in [-0.15, -0.1) is 11.3 Å². The van der Waals surface area contributed by atoms with E-state index in [9.17, 15) is 9.59 Å². The highest BCUT2D eigenvalue weighted by Gasteiger charge is 2.32. The Morgan fingerprint density at radius 2 is 2.36 bits per heavy atom. The molecular formula is C15H16N2O4S. The Balaban J connectivity index is 1.78. The van der Waals surface area contributed by atoms with Crippen molar-refractivity contribution in [2.75, 3.05) is 20.2 Å². The van der Waals surface area contributed by atoms with Crippen LogP contribution in [0.25, 0.3) is 0 Å². The van der Waals surface area contributed by atoms with Gasteiger partial charge in [0.1, 0.15) is 11.8 Å². The molecule has 0 spiro atoms. The minimum Gasteiger partial charge on any atom is -0.463 e. The maximum absolute atomic E-state index is 12.2. The predicted molar refractivity (Wildman–Crippen MR) is 80.5 cm³/mol. The molecule has 0 aliphatic carbocycles. The fourth-order valence-corrected chi connectivity index (χ4v) is 3.37. The van der Waals surface area contributed by atoms with E-state index in [-0.39, 0.29) is 17.7 Å². The van der Waals surface area contributed by atoms with Gasteiger partial charge in [0.25, 0.3) is 0 Å². The van der Waals surface area contributed by atoms with Gasteiger partial charge in [0, 0.05) is 18.0 Å². The number of furan rings is 1. The minimum absolute atomic E-state index is 0.00607. The van der Waals surface area contributed by atoms with Crippen LogP contribution in [0.3, 0.4) is 0 Å². The molecule has 2 aromatic heterocycles. The van der Waals surface area contributed by atoms with Crippen molar-refractivity contribution in [2.45, 2.75) is 12.6 Å². The molecule has 1 saturated heterocycles. The zero-order valence-electron chi connectivity index (χ0n) is 12.1. The lowest BCUT2D eigenvalue weighted by molar-refractivity contribution is -0.129. The summed E-state index contributed by atoms with van der Waals surface area (Å²) < 4.78 is 10.1. The number of ether oxygens (including phenoxy) is 1. The van der Waals surface area contributed by atoms with Crippen LogP contribution in [-0.4, -0.2) is 37.0 Å². The Morgan fingerprint density at radius 3 is 3.09 bits per heavy atom. The molecule has 2 aromatic rings. The van der Waals surface area contributed by atoms with Gasteiger partial charge in [-0.25, -0.2) is 4.79 Å². The zero-order valence-corrected chi connectivity index (χ0v) is 12.9. The Labute approximate surface area is 131 Å². The summed E-state index contributed by atoms with van der Waals surface area (Å²) in [5.41, 5.74) is 0. The number of rotatable bonds is 4. The van der Waals surface area contributed by atoms with Crippen LogP contribution in [-0.2, 0) is 16.1 Å². The lowest BCUT2D eigenvalue weighted by atomic mass is 10.1. The number of piperazine rings is 1. The van der Waals surface area contributed by atoms with Crippen molar-refractivity contribution in [1.82, 2.24) is 10.2 Å². The van der Waals surface area contributed by atoms with Gasteiger partial charge in [0.2, 0.25) is 11.7 Å². The third-order valence-electron chi connectivity index (χ3n) is 3.53. The molecule has 1 N–H and O–H groups in total. The second-order valence-electron chi connectivity index (χ2n) is 4.94. The molecule has 6 nitrogen and oxygen atoms in total. The summed E-state index contributed by atoms with van der Waals surface area (Å²) in [4.78, 5) is 26.7. The highest BCUT2D eigenvalue weighted by Crippen LogP contribution is 2.28. The van der Waals surface area contributed by atoms with Crippen LogP contribution in [0.15, 0.2) is 34.1 Å². The van der Waals surface area contributed by atoms with Crippen molar-refractivity contribution in [2.24, 2.45) is 0 Å². The lowest BCUT2D eigenvalue weighted by Gasteiger charge is -2.33. The molecule has 0 aromatic carbocycles. The largest absolute Gasteiger partial charge is 0.463 e. The number of esters is 1. The van der Waals surface area contributed by atoms with Crippen LogP contribution >= 0.6 is 11.3 Å². The molecule has 7 heteroatoms. The summed E-state index contributed by atoms with van der Waals surface area (Å²) in [6, 6.07) is 6.90. The van der Waals surface area contributed by atoms with Crippen LogP contribution in [0.1, 0.15) is 27.2 Å². The molecule has 3 heterocycles. The van der Waals surface area contributed by atoms with Gasteiger partial charge >= 0.3 is 5.97 Å². The highest BCUT2D eigenvalue weighted by atomic mass is 32.1. The monoisotopic (exact) mass is 320 g/mol. The first-order valence-electron chi connectivity index (χ1n) is 6.91. The standard InChI is InChI=1S/C15H16N2O4S/c1-20-15(19)11-5-4-10(21-11)9-17-7-6-16-14(18)13(17)12-3-2-8-22-12/h2-5,8,13H,6-7,9H2,1H3,(H,16,18)/t13-/m0/s1. The number of hydrogen-bond donors (Lipinski definition) is 1. The maximum Gasteiger partial charge on any atom is 0.373 e. The molecule has 1 fully saturated rings. The Morgan fingerprint density at radius 1 is 1.50 bits per heavy atom. The molecule has 0 radical (unpaired) electrons. The summed E-state index contributed by atoms with van der Waals surface area (Å²) in [6.07, 6.45) is 0. The number of hydrogen-bond acceptors (Lipinski definition) is 6. The van der Waals surface area contributed by atoms with Crippen molar-refractivity contribution in [1.29, 1.82) is 0 Å². The molecule has 0 bridgehead atoms. The van der Waals surface area contributed by atoms with Crippen LogP contribution in [0.4, 0.5) is 0 Å². The molecule has 1 amide bonds. The van der Waals surface area contributed by atoms with Gasteiger partial charge < -0.3 is 14.5 Å². The summed E-state index contributed by atoms with van der Waals surface area (Å²) in [5.74, 6) is 0.300. The average molecular weight is 320 g/mol. The fraction of sp³-hybridized carbons (Fsp3) is 0.333. The predicted octanol–water partition coefficient (Wildman–Crippen LogP) is 1.80. The summed E-state index contributed by atoms with van der Waals surface area (Å²) in [5, 5.41) is 4.85. The number of nitrogens with one attached hydrogen (secondary N) is 1. The smallest absolute Gasteiger partial charge is 0.373 e. The van der Waals surface area contributed by atoms with Gasteiger partial charge in [-0.05, 0) is 23.6 Å². The van der Waals surface area contributed by atoms with Crippen molar-refractivity contribution in [3.8, 4) is 0 Å². The SMILES string of the molecule is COC(=O)c1ccc(CN2CCNC(=O)[C@@H]2c2cccs2)o1. The van der Waals surface area contributed by atoms with E-state index in [1.165, 1.54) is 7.11 Å². The number of methoxy groups -OCH3 is 1. The van der Waals surface area contributed by atoms with Crippen LogP contribution < -0.4 is 5.32 Å². The van der Waals surface area contributed by atoms with E-state index in [1.807, 2.05) is 22.4 Å². The minimum atomic E-state index is -0.502. The maximum atomic E-state index is 12.2. The summed E-state index contributed by atoms with van der Waals surface area (Å²) >= 11 is 1.55. The summed E-state index contributed by atoms with van der Waals surface area (Å²) in [7, 11) is 1.31. The molecule has 1 atom stereocenters. The molecule has 0 saturated carbocycles. The van der Waals surface area contributed by atoms with Crippen molar-refractivity contribution < 1.29 is 18.7 Å². The van der Waals surface area contributed by atoms with Gasteiger partial charge in [-0.1, -0.05) is 6.07 Å². The molecule has 0 unspecified atom stereocenters. The van der Waals surface area contributed by atoms with Crippen molar-refractivity contribution in [3.05, 3.63) is 46.0 Å². The second kappa shape index (κ2) is 6.33. The Hall–Kier alpha value is -2.12. The van der Waals surface area contributed by atoms with E-state index in [4.69, 9.17) is 4.42 Å². The second-order valence-corrected chi connectivity index (χ2v) is 5.92. The van der Waals surface area contributed by atoms with Gasteiger partial charge in [0.15, 0.2) is 0 Å². The third-order valence-corrected chi connectivity index (χ3v) is 4.46. The number of nitrogens with zero attached hydrogens (tertiary/aromatic N) is 1. The van der Waals surface area contributed by atoms with Crippen LogP contribution in [0.2, 0.25) is 0 Å². The van der Waals surface area contributed by atoms with Gasteiger partial charge in [0.05, 0.1) is 13.7 Å². The topological polar surface area (TPSA) is 71.8 Å². The summed E-state index contributed by atoms with van der Waals surface area (Å²) in [6.45, 7) is 1.79. The Bertz CT molecular complexity index is 665. The van der Waals surface area contributed by atoms with E-state index in [0.717, 1.165) is 11.4 Å². The third kappa shape index (κ3) is 2.90. The first-order valence-corrected chi connectivity index (χ1v) is 7.79. The van der Waals surface area contributed by atoms with E-state index >= 15 is 0 Å². The van der Waals surface area contributed by atoms with Crippen molar-refractivity contribution in [3.63, 3.8) is 0 Å².